The van der Waals surface area contributed by atoms with Gasteiger partial charge in [0.1, 0.15) is 6.07 Å². The summed E-state index contributed by atoms with van der Waals surface area (Å²) in [5.74, 6) is -0.0941. The second-order valence-corrected chi connectivity index (χ2v) is 4.12. The van der Waals surface area contributed by atoms with Gasteiger partial charge in [-0.15, -0.1) is 0 Å². The first kappa shape index (κ1) is 10.7. The third kappa shape index (κ3) is 2.05. The molecule has 1 aromatic heterocycles. The quantitative estimate of drug-likeness (QED) is 0.870. The van der Waals surface area contributed by atoms with Crippen LogP contribution in [0.3, 0.4) is 0 Å². The maximum absolute atomic E-state index is 9.33. The van der Waals surface area contributed by atoms with E-state index in [4.69, 9.17) is 5.26 Å². The van der Waals surface area contributed by atoms with Crippen molar-refractivity contribution in [2.24, 2.45) is 0 Å². The van der Waals surface area contributed by atoms with E-state index in [2.05, 4.69) is 20.9 Å². The SMILES string of the molecule is N#Cc1cc(-c2ccc(Br)cc2)ncc1O. The Bertz CT molecular complexity index is 558. The van der Waals surface area contributed by atoms with Gasteiger partial charge in [0.15, 0.2) is 5.75 Å². The molecule has 4 heteroatoms. The van der Waals surface area contributed by atoms with Crippen LogP contribution in [-0.2, 0) is 0 Å². The van der Waals surface area contributed by atoms with Gasteiger partial charge in [0.05, 0.1) is 17.5 Å². The number of nitriles is 1. The van der Waals surface area contributed by atoms with Crippen molar-refractivity contribution in [3.05, 3.63) is 46.6 Å². The van der Waals surface area contributed by atoms with Gasteiger partial charge in [-0.05, 0) is 18.2 Å². The Morgan fingerprint density at radius 2 is 1.94 bits per heavy atom. The zero-order valence-corrected chi connectivity index (χ0v) is 9.77. The van der Waals surface area contributed by atoms with Gasteiger partial charge >= 0.3 is 0 Å². The van der Waals surface area contributed by atoms with Gasteiger partial charge in [-0.1, -0.05) is 28.1 Å². The molecule has 1 N–H and O–H groups in total. The predicted molar refractivity (Wildman–Crippen MR) is 63.8 cm³/mol. The summed E-state index contributed by atoms with van der Waals surface area (Å²) in [6.07, 6.45) is 1.29. The van der Waals surface area contributed by atoms with Gasteiger partial charge in [0.25, 0.3) is 0 Å². The first-order valence-corrected chi connectivity index (χ1v) is 5.35. The van der Waals surface area contributed by atoms with E-state index < -0.39 is 0 Å². The summed E-state index contributed by atoms with van der Waals surface area (Å²) >= 11 is 3.34. The Hall–Kier alpha value is -1.86. The van der Waals surface area contributed by atoms with E-state index in [1.54, 1.807) is 6.07 Å². The minimum Gasteiger partial charge on any atom is -0.505 e. The molecule has 0 saturated carbocycles. The van der Waals surface area contributed by atoms with Crippen LogP contribution in [0, 0.1) is 11.3 Å². The summed E-state index contributed by atoms with van der Waals surface area (Å²) < 4.78 is 0.982. The number of hydrogen-bond acceptors (Lipinski definition) is 3. The van der Waals surface area contributed by atoms with E-state index in [0.717, 1.165) is 10.0 Å². The van der Waals surface area contributed by atoms with Crippen molar-refractivity contribution in [1.82, 2.24) is 4.98 Å². The van der Waals surface area contributed by atoms with Gasteiger partial charge in [-0.3, -0.25) is 4.98 Å². The van der Waals surface area contributed by atoms with Gasteiger partial charge in [-0.25, -0.2) is 0 Å². The number of pyridine rings is 1. The van der Waals surface area contributed by atoms with Crippen LogP contribution < -0.4 is 0 Å². The molecule has 16 heavy (non-hydrogen) atoms. The van der Waals surface area contributed by atoms with Crippen LogP contribution in [0.15, 0.2) is 41.0 Å². The molecule has 2 aromatic rings. The predicted octanol–water partition coefficient (Wildman–Crippen LogP) is 3.09. The Kier molecular flexibility index (Phi) is 2.88. The van der Waals surface area contributed by atoms with Crippen molar-refractivity contribution in [2.45, 2.75) is 0 Å². The molecule has 0 aliphatic rings. The minimum absolute atomic E-state index is 0.0941. The molecule has 1 heterocycles. The average molecular weight is 275 g/mol. The molecule has 0 unspecified atom stereocenters. The van der Waals surface area contributed by atoms with Crippen LogP contribution in [0.1, 0.15) is 5.56 Å². The van der Waals surface area contributed by atoms with Crippen molar-refractivity contribution < 1.29 is 5.11 Å². The molecule has 0 amide bonds. The summed E-state index contributed by atoms with van der Waals surface area (Å²) in [6, 6.07) is 11.1. The number of hydrogen-bond donors (Lipinski definition) is 1. The van der Waals surface area contributed by atoms with Crippen molar-refractivity contribution in [3.63, 3.8) is 0 Å². The lowest BCUT2D eigenvalue weighted by Crippen LogP contribution is -1.86. The number of benzene rings is 1. The van der Waals surface area contributed by atoms with Crippen LogP contribution in [0.2, 0.25) is 0 Å². The van der Waals surface area contributed by atoms with E-state index in [0.29, 0.717) is 5.69 Å². The molecule has 0 saturated heterocycles. The Morgan fingerprint density at radius 1 is 1.25 bits per heavy atom. The fraction of sp³-hybridized carbons (Fsp3) is 0. The molecule has 1 aromatic carbocycles. The number of rotatable bonds is 1. The van der Waals surface area contributed by atoms with Crippen LogP contribution in [0.4, 0.5) is 0 Å². The number of aromatic nitrogens is 1. The zero-order chi connectivity index (χ0) is 11.5. The summed E-state index contributed by atoms with van der Waals surface area (Å²) in [4.78, 5) is 4.07. The molecule has 0 fully saturated rings. The zero-order valence-electron chi connectivity index (χ0n) is 8.18. The third-order valence-corrected chi connectivity index (χ3v) is 2.67. The Morgan fingerprint density at radius 3 is 2.56 bits per heavy atom. The second-order valence-electron chi connectivity index (χ2n) is 3.21. The average Bonchev–Trinajstić information content (AvgIpc) is 2.31. The summed E-state index contributed by atoms with van der Waals surface area (Å²) in [6.45, 7) is 0. The Balaban J connectivity index is 2.49. The van der Waals surface area contributed by atoms with Crippen molar-refractivity contribution >= 4 is 15.9 Å². The molecule has 0 spiro atoms. The molecule has 0 bridgehead atoms. The number of halogens is 1. The van der Waals surface area contributed by atoms with E-state index >= 15 is 0 Å². The topological polar surface area (TPSA) is 56.9 Å². The van der Waals surface area contributed by atoms with E-state index in [-0.39, 0.29) is 11.3 Å². The molecular formula is C12H7BrN2O. The molecule has 2 rings (SSSR count). The van der Waals surface area contributed by atoms with Crippen molar-refractivity contribution in [1.29, 1.82) is 5.26 Å². The smallest absolute Gasteiger partial charge is 0.151 e. The summed E-state index contributed by atoms with van der Waals surface area (Å²) in [7, 11) is 0. The maximum Gasteiger partial charge on any atom is 0.151 e. The highest BCUT2D eigenvalue weighted by molar-refractivity contribution is 9.10. The normalized spacial score (nSPS) is 9.75. The third-order valence-electron chi connectivity index (χ3n) is 2.14. The van der Waals surface area contributed by atoms with Crippen molar-refractivity contribution in [2.75, 3.05) is 0 Å². The summed E-state index contributed by atoms with van der Waals surface area (Å²) in [5, 5.41) is 18.1. The van der Waals surface area contributed by atoms with Gasteiger partial charge in [0, 0.05) is 10.0 Å². The largest absolute Gasteiger partial charge is 0.505 e. The highest BCUT2D eigenvalue weighted by Gasteiger charge is 2.04. The molecule has 0 aliphatic carbocycles. The highest BCUT2D eigenvalue weighted by Crippen LogP contribution is 2.23. The van der Waals surface area contributed by atoms with Crippen LogP contribution in [-0.4, -0.2) is 10.1 Å². The van der Waals surface area contributed by atoms with E-state index in [9.17, 15) is 5.11 Å². The van der Waals surface area contributed by atoms with Crippen molar-refractivity contribution in [3.8, 4) is 23.1 Å². The van der Waals surface area contributed by atoms with Gasteiger partial charge < -0.3 is 5.11 Å². The molecule has 3 nitrogen and oxygen atoms in total. The molecule has 0 atom stereocenters. The van der Waals surface area contributed by atoms with Crippen LogP contribution in [0.25, 0.3) is 11.3 Å². The van der Waals surface area contributed by atoms with Crippen LogP contribution >= 0.6 is 15.9 Å². The number of aromatic hydroxyl groups is 1. The number of nitrogens with zero attached hydrogens (tertiary/aromatic N) is 2. The lowest BCUT2D eigenvalue weighted by Gasteiger charge is -2.02. The highest BCUT2D eigenvalue weighted by atomic mass is 79.9. The van der Waals surface area contributed by atoms with Gasteiger partial charge in [-0.2, -0.15) is 5.26 Å². The lowest BCUT2D eigenvalue weighted by atomic mass is 10.1. The van der Waals surface area contributed by atoms with E-state index in [1.165, 1.54) is 6.20 Å². The molecule has 0 radical (unpaired) electrons. The molecular weight excluding hydrogens is 268 g/mol. The maximum atomic E-state index is 9.33. The molecule has 78 valence electrons. The standard InChI is InChI=1S/C12H7BrN2O/c13-10-3-1-8(2-4-10)11-5-9(6-14)12(16)7-15-11/h1-5,7,16H. The first-order chi connectivity index (χ1) is 7.70. The summed E-state index contributed by atoms with van der Waals surface area (Å²) in [5.41, 5.74) is 1.80. The molecule has 0 aliphatic heterocycles. The Labute approximate surface area is 101 Å². The monoisotopic (exact) mass is 274 g/mol. The fourth-order valence-corrected chi connectivity index (χ4v) is 1.58. The van der Waals surface area contributed by atoms with E-state index in [1.807, 2.05) is 30.3 Å². The van der Waals surface area contributed by atoms with Crippen LogP contribution in [0.5, 0.6) is 5.75 Å². The van der Waals surface area contributed by atoms with Gasteiger partial charge in [0.2, 0.25) is 0 Å². The lowest BCUT2D eigenvalue weighted by molar-refractivity contribution is 0.471. The second kappa shape index (κ2) is 4.33. The fourth-order valence-electron chi connectivity index (χ4n) is 1.32. The minimum atomic E-state index is -0.0941. The first-order valence-electron chi connectivity index (χ1n) is 4.56.